The van der Waals surface area contributed by atoms with E-state index in [1.54, 1.807) is 0 Å². The summed E-state index contributed by atoms with van der Waals surface area (Å²) in [6, 6.07) is 0. The third kappa shape index (κ3) is 8.28. The molecule has 2 unspecified atom stereocenters. The number of aliphatic hydroxyl groups excluding tert-OH is 8. The summed E-state index contributed by atoms with van der Waals surface area (Å²) < 4.78 is 41.0. The Labute approximate surface area is 397 Å². The van der Waals surface area contributed by atoms with Crippen LogP contribution in [0.4, 0.5) is 0 Å². The average molecular weight is 969 g/mol. The van der Waals surface area contributed by atoms with Crippen LogP contribution in [0.1, 0.15) is 120 Å². The molecule has 9 N–H and O–H groups in total. The molecule has 0 aromatic carbocycles. The molecule has 3 heterocycles. The average Bonchev–Trinajstić information content (AvgIpc) is 3.26. The van der Waals surface area contributed by atoms with Gasteiger partial charge in [0.1, 0.15) is 54.9 Å². The van der Waals surface area contributed by atoms with Crippen molar-refractivity contribution in [1.82, 2.24) is 0 Å². The molecular formula is C49H76O19. The number of aliphatic carboxylic acids is 1. The summed E-state index contributed by atoms with van der Waals surface area (Å²) in [5.74, 6) is -2.67. The molecule has 7 fully saturated rings. The Morgan fingerprint density at radius 3 is 2.04 bits per heavy atom. The molecule has 0 aromatic heterocycles. The standard InChI is InChI=1S/C49H76O19/c1-22(51)63-37-35(58)36(66-40-33(56)30(53)25(52)21-62-40)38(39(59)60)67-42(37)65-29-12-13-46(6)27(45(29,4)5)11-14-48(8)28(46)10-9-23-24-19-44(2,3)15-17-49(24,18-16-47(23,48)7)43(61)68-41-34(57)32(55)31(54)26(20-50)64-41/h9,24-38,40-42,50,52-58H,10-21H2,1-8H3,(H,59,60)/t24-,25+,26+,27?,28?,29-,30-,31+,32-,33+,34+,35-,36-,37+,38-,40-,41-,42+,46-,47+,48+,49-/m0/s1. The van der Waals surface area contributed by atoms with Gasteiger partial charge in [0.05, 0.1) is 24.7 Å². The summed E-state index contributed by atoms with van der Waals surface area (Å²) in [4.78, 5) is 39.9. The lowest BCUT2D eigenvalue weighted by atomic mass is 9.33. The van der Waals surface area contributed by atoms with E-state index in [9.17, 15) is 60.3 Å². The molecule has 0 aromatic rings. The number of rotatable bonds is 9. The van der Waals surface area contributed by atoms with Gasteiger partial charge in [-0.25, -0.2) is 4.79 Å². The minimum Gasteiger partial charge on any atom is -0.479 e. The SMILES string of the molecule is CC(=O)O[C@H]1[C@H](O[C@H]2CC[C@@]3(C)C(CC[C@]4(C)C3CC=C3[C@@H]5CC(C)(C)CC[C@]5(C(=O)O[C@@H]5O[C@H](CO)[C@@H](O)[C@H](O)[C@H]5O)CC[C@]34C)C2(C)C)O[C@H](C(=O)O)[C@@H](O[C@@H]2OC[C@@H](O)[C@H](O)[C@H]2O)[C@@H]1O. The Kier molecular flexibility index (Phi) is 14.0. The second-order valence-corrected chi connectivity index (χ2v) is 23.6. The molecule has 5 aliphatic carbocycles. The van der Waals surface area contributed by atoms with Gasteiger partial charge in [-0.15, -0.1) is 0 Å². The van der Waals surface area contributed by atoms with Crippen molar-refractivity contribution in [1.29, 1.82) is 0 Å². The number of carboxylic acids is 1. The topological polar surface area (TPSA) is 298 Å². The van der Waals surface area contributed by atoms with Crippen molar-refractivity contribution in [2.75, 3.05) is 13.2 Å². The largest absolute Gasteiger partial charge is 0.479 e. The van der Waals surface area contributed by atoms with E-state index in [0.717, 1.165) is 45.4 Å². The number of hydrogen-bond donors (Lipinski definition) is 9. The summed E-state index contributed by atoms with van der Waals surface area (Å²) in [5.41, 5.74) is -0.956. The minimum atomic E-state index is -1.88. The van der Waals surface area contributed by atoms with Crippen molar-refractivity contribution >= 4 is 17.9 Å². The third-order valence-electron chi connectivity index (χ3n) is 19.2. The van der Waals surface area contributed by atoms with E-state index in [-0.39, 0.29) is 39.4 Å². The highest BCUT2D eigenvalue weighted by atomic mass is 16.8. The number of carbonyl (C=O) groups excluding carboxylic acids is 2. The van der Waals surface area contributed by atoms with Gasteiger partial charge in [0.25, 0.3) is 0 Å². The molecule has 0 bridgehead atoms. The van der Waals surface area contributed by atoms with Gasteiger partial charge in [-0.05, 0) is 109 Å². The maximum Gasteiger partial charge on any atom is 0.335 e. The Morgan fingerprint density at radius 1 is 0.706 bits per heavy atom. The van der Waals surface area contributed by atoms with Gasteiger partial charge < -0.3 is 79.1 Å². The molecule has 3 aliphatic heterocycles. The lowest BCUT2D eigenvalue weighted by Gasteiger charge is -2.71. The first kappa shape index (κ1) is 52.0. The van der Waals surface area contributed by atoms with Crippen molar-refractivity contribution in [3.8, 4) is 0 Å². The molecular weight excluding hydrogens is 893 g/mol. The number of carbonyl (C=O) groups is 3. The Hall–Kier alpha value is -2.37. The van der Waals surface area contributed by atoms with E-state index in [1.807, 2.05) is 0 Å². The quantitative estimate of drug-likeness (QED) is 0.0897. The fourth-order valence-electron chi connectivity index (χ4n) is 15.0. The summed E-state index contributed by atoms with van der Waals surface area (Å²) >= 11 is 0. The van der Waals surface area contributed by atoms with Crippen LogP contribution >= 0.6 is 0 Å². The second-order valence-electron chi connectivity index (χ2n) is 23.6. The maximum absolute atomic E-state index is 14.7. The molecule has 8 aliphatic rings. The van der Waals surface area contributed by atoms with Crippen LogP contribution in [0.5, 0.6) is 0 Å². The van der Waals surface area contributed by atoms with E-state index in [2.05, 4.69) is 54.5 Å². The summed E-state index contributed by atoms with van der Waals surface area (Å²) in [6.07, 6.45) is -13.9. The maximum atomic E-state index is 14.7. The van der Waals surface area contributed by atoms with Crippen LogP contribution < -0.4 is 0 Å². The highest BCUT2D eigenvalue weighted by Gasteiger charge is 2.70. The van der Waals surface area contributed by atoms with Crippen LogP contribution in [0.3, 0.4) is 0 Å². The van der Waals surface area contributed by atoms with Crippen LogP contribution in [-0.4, -0.2) is 169 Å². The van der Waals surface area contributed by atoms with Gasteiger partial charge in [-0.3, -0.25) is 9.59 Å². The molecule has 19 heteroatoms. The highest BCUT2D eigenvalue weighted by molar-refractivity contribution is 5.79. The van der Waals surface area contributed by atoms with Crippen molar-refractivity contribution in [2.45, 2.75) is 212 Å². The fraction of sp³-hybridized carbons (Fsp3) is 0.898. The van der Waals surface area contributed by atoms with E-state index in [0.29, 0.717) is 25.7 Å². The Morgan fingerprint density at radius 2 is 1.38 bits per heavy atom. The van der Waals surface area contributed by atoms with Crippen molar-refractivity contribution in [3.05, 3.63) is 11.6 Å². The van der Waals surface area contributed by atoms with E-state index in [1.165, 1.54) is 5.57 Å². The lowest BCUT2D eigenvalue weighted by Crippen LogP contribution is -2.67. The van der Waals surface area contributed by atoms with E-state index >= 15 is 0 Å². The Bertz CT molecular complexity index is 1940. The molecule has 22 atom stereocenters. The highest BCUT2D eigenvalue weighted by Crippen LogP contribution is 2.76. The zero-order valence-electron chi connectivity index (χ0n) is 40.6. The molecule has 0 amide bonds. The predicted molar refractivity (Wildman–Crippen MR) is 234 cm³/mol. The van der Waals surface area contributed by atoms with Crippen LogP contribution in [0.25, 0.3) is 0 Å². The predicted octanol–water partition coefficient (Wildman–Crippen LogP) is 1.44. The van der Waals surface area contributed by atoms with Crippen molar-refractivity contribution < 1.29 is 93.5 Å². The van der Waals surface area contributed by atoms with Gasteiger partial charge in [0.2, 0.25) is 6.29 Å². The molecule has 0 radical (unpaired) electrons. The first-order valence-corrected chi connectivity index (χ1v) is 24.6. The number of aliphatic hydroxyl groups is 8. The van der Waals surface area contributed by atoms with Gasteiger partial charge in [-0.1, -0.05) is 60.1 Å². The van der Waals surface area contributed by atoms with E-state index < -0.39 is 134 Å². The van der Waals surface area contributed by atoms with Crippen molar-refractivity contribution in [3.63, 3.8) is 0 Å². The van der Waals surface area contributed by atoms with Crippen LogP contribution in [0, 0.1) is 50.2 Å². The third-order valence-corrected chi connectivity index (χ3v) is 19.2. The molecule has 68 heavy (non-hydrogen) atoms. The normalized spacial score (nSPS) is 50.8. The summed E-state index contributed by atoms with van der Waals surface area (Å²) in [6.45, 7) is 15.9. The van der Waals surface area contributed by atoms with Gasteiger partial charge in [0.15, 0.2) is 24.8 Å². The lowest BCUT2D eigenvalue weighted by molar-refractivity contribution is -0.355. The van der Waals surface area contributed by atoms with Gasteiger partial charge >= 0.3 is 17.9 Å². The van der Waals surface area contributed by atoms with Crippen LogP contribution in [0.2, 0.25) is 0 Å². The van der Waals surface area contributed by atoms with Crippen molar-refractivity contribution in [2.24, 2.45) is 50.2 Å². The monoisotopic (exact) mass is 968 g/mol. The number of ether oxygens (including phenoxy) is 7. The first-order valence-electron chi connectivity index (χ1n) is 24.6. The fourth-order valence-corrected chi connectivity index (χ4v) is 15.0. The molecule has 19 nitrogen and oxygen atoms in total. The van der Waals surface area contributed by atoms with Gasteiger partial charge in [0, 0.05) is 6.92 Å². The number of allylic oxidation sites excluding steroid dienone is 2. The van der Waals surface area contributed by atoms with Gasteiger partial charge in [-0.2, -0.15) is 0 Å². The van der Waals surface area contributed by atoms with Crippen LogP contribution in [-0.2, 0) is 47.5 Å². The summed E-state index contributed by atoms with van der Waals surface area (Å²) in [5, 5.41) is 94.3. The molecule has 8 rings (SSSR count). The Balaban J connectivity index is 1.03. The van der Waals surface area contributed by atoms with E-state index in [4.69, 9.17) is 33.2 Å². The molecule has 4 saturated carbocycles. The second kappa shape index (κ2) is 18.3. The number of esters is 2. The molecule has 0 spiro atoms. The number of carboxylic acid groups (broad SMARTS) is 1. The zero-order valence-corrected chi connectivity index (χ0v) is 40.6. The number of hydrogen-bond acceptors (Lipinski definition) is 18. The summed E-state index contributed by atoms with van der Waals surface area (Å²) in [7, 11) is 0. The minimum absolute atomic E-state index is 0.0776. The number of fused-ring (bicyclic) bond motifs is 7. The first-order chi connectivity index (χ1) is 31.7. The smallest absolute Gasteiger partial charge is 0.335 e. The van der Waals surface area contributed by atoms with Crippen LogP contribution in [0.15, 0.2) is 11.6 Å². The zero-order chi connectivity index (χ0) is 49.8. The molecule has 386 valence electrons. The molecule has 3 saturated heterocycles.